The fourth-order valence-corrected chi connectivity index (χ4v) is 1.99. The predicted molar refractivity (Wildman–Crippen MR) is 71.1 cm³/mol. The predicted octanol–water partition coefficient (Wildman–Crippen LogP) is 1.80. The molecule has 0 aromatic carbocycles. The van der Waals surface area contributed by atoms with E-state index in [4.69, 9.17) is 0 Å². The molecule has 2 rings (SSSR count). The summed E-state index contributed by atoms with van der Waals surface area (Å²) in [7, 11) is 1.96. The van der Waals surface area contributed by atoms with E-state index in [-0.39, 0.29) is 0 Å². The Morgan fingerprint density at radius 1 is 1.28 bits per heavy atom. The molecule has 5 heteroatoms. The molecule has 0 aliphatic heterocycles. The van der Waals surface area contributed by atoms with Crippen molar-refractivity contribution in [2.24, 2.45) is 7.05 Å². The molecule has 5 nitrogen and oxygen atoms in total. The van der Waals surface area contributed by atoms with Gasteiger partial charge in [-0.2, -0.15) is 10.2 Å². The van der Waals surface area contributed by atoms with Crippen molar-refractivity contribution in [3.8, 4) is 0 Å². The summed E-state index contributed by atoms with van der Waals surface area (Å²) < 4.78 is 3.94. The summed E-state index contributed by atoms with van der Waals surface area (Å²) in [5.41, 5.74) is 3.67. The number of hydrogen-bond acceptors (Lipinski definition) is 3. The third-order valence-corrected chi connectivity index (χ3v) is 3.20. The van der Waals surface area contributed by atoms with Gasteiger partial charge in [0.1, 0.15) is 0 Å². The van der Waals surface area contributed by atoms with Crippen LogP contribution < -0.4 is 5.32 Å². The first kappa shape index (κ1) is 12.8. The Labute approximate surface area is 108 Å². The monoisotopic (exact) mass is 247 g/mol. The van der Waals surface area contributed by atoms with Crippen LogP contribution in [-0.4, -0.2) is 19.6 Å². The molecule has 2 aromatic heterocycles. The van der Waals surface area contributed by atoms with Gasteiger partial charge < -0.3 is 5.32 Å². The summed E-state index contributed by atoms with van der Waals surface area (Å²) >= 11 is 0. The Hall–Kier alpha value is -1.62. The van der Waals surface area contributed by atoms with Crippen molar-refractivity contribution in [3.05, 3.63) is 35.4 Å². The van der Waals surface area contributed by atoms with Gasteiger partial charge in [0.25, 0.3) is 0 Å². The molecule has 0 amide bonds. The van der Waals surface area contributed by atoms with Crippen molar-refractivity contribution in [3.63, 3.8) is 0 Å². The summed E-state index contributed by atoms with van der Waals surface area (Å²) in [5.74, 6) is 0. The summed E-state index contributed by atoms with van der Waals surface area (Å²) in [6.45, 7) is 8.03. The van der Waals surface area contributed by atoms with Gasteiger partial charge in [-0.15, -0.1) is 0 Å². The highest BCUT2D eigenvalue weighted by atomic mass is 15.3. The number of nitrogens with one attached hydrogen (secondary N) is 1. The molecule has 0 atom stereocenters. The first-order valence-corrected chi connectivity index (χ1v) is 6.30. The van der Waals surface area contributed by atoms with Gasteiger partial charge in [-0.3, -0.25) is 9.36 Å². The Balaban J connectivity index is 1.92. The highest BCUT2D eigenvalue weighted by molar-refractivity contribution is 5.15. The summed E-state index contributed by atoms with van der Waals surface area (Å²) in [5, 5.41) is 12.0. The number of rotatable bonds is 5. The molecule has 2 aromatic rings. The number of nitrogens with zero attached hydrogens (tertiary/aromatic N) is 4. The molecule has 0 unspecified atom stereocenters. The van der Waals surface area contributed by atoms with Crippen molar-refractivity contribution in [2.45, 2.75) is 39.9 Å². The molecule has 0 saturated heterocycles. The van der Waals surface area contributed by atoms with E-state index in [9.17, 15) is 0 Å². The fraction of sp³-hybridized carbons (Fsp3) is 0.538. The van der Waals surface area contributed by atoms with Crippen molar-refractivity contribution in [1.29, 1.82) is 0 Å². The van der Waals surface area contributed by atoms with Crippen LogP contribution in [0.25, 0.3) is 0 Å². The lowest BCUT2D eigenvalue weighted by Crippen LogP contribution is -2.17. The van der Waals surface area contributed by atoms with Crippen LogP contribution in [0.1, 0.15) is 36.8 Å². The van der Waals surface area contributed by atoms with E-state index >= 15 is 0 Å². The lowest BCUT2D eigenvalue weighted by atomic mass is 10.2. The van der Waals surface area contributed by atoms with Gasteiger partial charge in [0.15, 0.2) is 0 Å². The van der Waals surface area contributed by atoms with Crippen LogP contribution in [-0.2, 0) is 20.1 Å². The highest BCUT2D eigenvalue weighted by Crippen LogP contribution is 2.09. The normalized spacial score (nSPS) is 11.4. The standard InChI is InChI=1S/C13H21N5/c1-10(2)18-13(5-6-15-18)9-14-7-12-8-16-17(4)11(12)3/h5-6,8,10,14H,7,9H2,1-4H3. The molecule has 1 N–H and O–H groups in total. The molecular formula is C13H21N5. The average molecular weight is 247 g/mol. The van der Waals surface area contributed by atoms with Crippen LogP contribution >= 0.6 is 0 Å². The van der Waals surface area contributed by atoms with Crippen LogP contribution in [0.2, 0.25) is 0 Å². The Morgan fingerprint density at radius 3 is 2.67 bits per heavy atom. The lowest BCUT2D eigenvalue weighted by Gasteiger charge is -2.11. The van der Waals surface area contributed by atoms with E-state index in [2.05, 4.69) is 42.4 Å². The maximum Gasteiger partial charge on any atom is 0.0537 e. The van der Waals surface area contributed by atoms with Crippen LogP contribution in [0.3, 0.4) is 0 Å². The zero-order valence-corrected chi connectivity index (χ0v) is 11.5. The second-order valence-corrected chi connectivity index (χ2v) is 4.84. The second kappa shape index (κ2) is 5.35. The molecule has 0 aliphatic carbocycles. The summed E-state index contributed by atoms with van der Waals surface area (Å²) in [6, 6.07) is 2.46. The van der Waals surface area contributed by atoms with Crippen LogP contribution in [0.5, 0.6) is 0 Å². The summed E-state index contributed by atoms with van der Waals surface area (Å²) in [4.78, 5) is 0. The van der Waals surface area contributed by atoms with Gasteiger partial charge in [0.2, 0.25) is 0 Å². The van der Waals surface area contributed by atoms with E-state index in [1.54, 1.807) is 0 Å². The maximum absolute atomic E-state index is 4.32. The molecular weight excluding hydrogens is 226 g/mol. The van der Waals surface area contributed by atoms with Crippen molar-refractivity contribution >= 4 is 0 Å². The van der Waals surface area contributed by atoms with Gasteiger partial charge in [0.05, 0.1) is 11.9 Å². The molecule has 0 saturated carbocycles. The van der Waals surface area contributed by atoms with Crippen molar-refractivity contribution in [2.75, 3.05) is 0 Å². The molecule has 18 heavy (non-hydrogen) atoms. The van der Waals surface area contributed by atoms with Gasteiger partial charge >= 0.3 is 0 Å². The maximum atomic E-state index is 4.32. The van der Waals surface area contributed by atoms with E-state index in [1.165, 1.54) is 17.0 Å². The van der Waals surface area contributed by atoms with E-state index in [0.717, 1.165) is 13.1 Å². The van der Waals surface area contributed by atoms with Crippen molar-refractivity contribution < 1.29 is 0 Å². The molecule has 0 fully saturated rings. The lowest BCUT2D eigenvalue weighted by molar-refractivity contribution is 0.495. The number of aromatic nitrogens is 4. The molecule has 0 aliphatic rings. The fourth-order valence-electron chi connectivity index (χ4n) is 1.99. The number of hydrogen-bond donors (Lipinski definition) is 1. The van der Waals surface area contributed by atoms with Crippen molar-refractivity contribution in [1.82, 2.24) is 24.9 Å². The first-order valence-electron chi connectivity index (χ1n) is 6.30. The van der Waals surface area contributed by atoms with Crippen LogP contribution in [0.4, 0.5) is 0 Å². The minimum Gasteiger partial charge on any atom is -0.307 e. The number of aryl methyl sites for hydroxylation is 1. The van der Waals surface area contributed by atoms with E-state index in [0.29, 0.717) is 6.04 Å². The Morgan fingerprint density at radius 2 is 2.06 bits per heavy atom. The smallest absolute Gasteiger partial charge is 0.0537 e. The SMILES string of the molecule is Cc1c(CNCc2ccnn2C(C)C)cnn1C. The minimum absolute atomic E-state index is 0.400. The molecule has 0 radical (unpaired) electrons. The van der Waals surface area contributed by atoms with Gasteiger partial charge in [-0.05, 0) is 26.8 Å². The van der Waals surface area contributed by atoms with Gasteiger partial charge in [0, 0.05) is 43.6 Å². The molecule has 0 bridgehead atoms. The molecule has 2 heterocycles. The largest absolute Gasteiger partial charge is 0.307 e. The zero-order chi connectivity index (χ0) is 13.1. The average Bonchev–Trinajstić information content (AvgIpc) is 2.91. The molecule has 0 spiro atoms. The third-order valence-electron chi connectivity index (χ3n) is 3.20. The second-order valence-electron chi connectivity index (χ2n) is 4.84. The Kier molecular flexibility index (Phi) is 3.81. The topological polar surface area (TPSA) is 47.7 Å². The third kappa shape index (κ3) is 2.61. The van der Waals surface area contributed by atoms with E-state index in [1.807, 2.05) is 28.8 Å². The minimum atomic E-state index is 0.400. The van der Waals surface area contributed by atoms with Gasteiger partial charge in [-0.1, -0.05) is 0 Å². The Bertz CT molecular complexity index is 509. The molecule has 98 valence electrons. The van der Waals surface area contributed by atoms with Crippen LogP contribution in [0.15, 0.2) is 18.5 Å². The summed E-state index contributed by atoms with van der Waals surface area (Å²) in [6.07, 6.45) is 3.77. The van der Waals surface area contributed by atoms with Gasteiger partial charge in [-0.25, -0.2) is 0 Å². The first-order chi connectivity index (χ1) is 8.59. The zero-order valence-electron chi connectivity index (χ0n) is 11.5. The van der Waals surface area contributed by atoms with Crippen LogP contribution in [0, 0.1) is 6.92 Å². The quantitative estimate of drug-likeness (QED) is 0.876. The van der Waals surface area contributed by atoms with E-state index < -0.39 is 0 Å². The highest BCUT2D eigenvalue weighted by Gasteiger charge is 2.06.